The lowest BCUT2D eigenvalue weighted by atomic mass is 9.96. The van der Waals surface area contributed by atoms with Crippen molar-refractivity contribution >= 4 is 11.9 Å². The maximum Gasteiger partial charge on any atom is 0.303 e. The molecule has 24 heavy (non-hydrogen) atoms. The van der Waals surface area contributed by atoms with Crippen LogP contribution in [0.25, 0.3) is 11.1 Å². The van der Waals surface area contributed by atoms with E-state index in [9.17, 15) is 14.0 Å². The summed E-state index contributed by atoms with van der Waals surface area (Å²) in [7, 11) is 0. The Kier molecular flexibility index (Phi) is 6.07. The third kappa shape index (κ3) is 4.65. The number of hydrogen-bond acceptors (Lipinski definition) is 2. The smallest absolute Gasteiger partial charge is 0.303 e. The molecule has 126 valence electrons. The number of halogens is 1. The second kappa shape index (κ2) is 8.24. The molecule has 0 aliphatic carbocycles. The third-order valence-electron chi connectivity index (χ3n) is 3.84. The first-order chi connectivity index (χ1) is 11.5. The van der Waals surface area contributed by atoms with Crippen LogP contribution < -0.4 is 5.32 Å². The molecule has 0 radical (unpaired) electrons. The van der Waals surface area contributed by atoms with Crippen molar-refractivity contribution in [2.45, 2.75) is 25.7 Å². The van der Waals surface area contributed by atoms with Crippen molar-refractivity contribution < 1.29 is 19.1 Å². The molecule has 1 amide bonds. The van der Waals surface area contributed by atoms with Gasteiger partial charge in [0.1, 0.15) is 5.82 Å². The predicted molar refractivity (Wildman–Crippen MR) is 90.1 cm³/mol. The Morgan fingerprint density at radius 2 is 1.88 bits per heavy atom. The van der Waals surface area contributed by atoms with Crippen molar-refractivity contribution in [3.63, 3.8) is 0 Å². The van der Waals surface area contributed by atoms with Crippen LogP contribution in [0.4, 0.5) is 4.39 Å². The van der Waals surface area contributed by atoms with E-state index in [1.54, 1.807) is 19.1 Å². The highest BCUT2D eigenvalue weighted by molar-refractivity contribution is 5.83. The van der Waals surface area contributed by atoms with Gasteiger partial charge in [-0.3, -0.25) is 9.59 Å². The first-order valence-corrected chi connectivity index (χ1v) is 7.83. The predicted octanol–water partition coefficient (Wildman–Crippen LogP) is 3.58. The average molecular weight is 329 g/mol. The van der Waals surface area contributed by atoms with E-state index >= 15 is 0 Å². The Balaban J connectivity index is 2.02. The Morgan fingerprint density at radius 3 is 2.50 bits per heavy atom. The van der Waals surface area contributed by atoms with Crippen molar-refractivity contribution in [2.75, 3.05) is 6.54 Å². The number of carbonyl (C=O) groups excluding carboxylic acids is 1. The number of hydrogen-bond donors (Lipinski definition) is 2. The third-order valence-corrected chi connectivity index (χ3v) is 3.84. The van der Waals surface area contributed by atoms with Gasteiger partial charge in [-0.1, -0.05) is 42.5 Å². The lowest BCUT2D eigenvalue weighted by Gasteiger charge is -2.14. The summed E-state index contributed by atoms with van der Waals surface area (Å²) < 4.78 is 14.4. The lowest BCUT2D eigenvalue weighted by Crippen LogP contribution is -2.29. The summed E-state index contributed by atoms with van der Waals surface area (Å²) >= 11 is 0. The largest absolute Gasteiger partial charge is 0.481 e. The quantitative estimate of drug-likeness (QED) is 0.763. The maximum absolute atomic E-state index is 14.4. The van der Waals surface area contributed by atoms with E-state index in [2.05, 4.69) is 5.32 Å². The van der Waals surface area contributed by atoms with Crippen LogP contribution in [0.2, 0.25) is 0 Å². The molecule has 0 spiro atoms. The topological polar surface area (TPSA) is 66.4 Å². The lowest BCUT2D eigenvalue weighted by molar-refractivity contribution is -0.137. The molecule has 2 aromatic carbocycles. The van der Waals surface area contributed by atoms with Gasteiger partial charge in [0.25, 0.3) is 0 Å². The normalized spacial score (nSPS) is 11.8. The molecule has 0 aliphatic heterocycles. The molecule has 0 unspecified atom stereocenters. The summed E-state index contributed by atoms with van der Waals surface area (Å²) in [5, 5.41) is 11.2. The standard InChI is InChI=1S/C19H20FNO3/c1-13(19(24)21-11-5-8-18(22)23)15-9-10-16(17(20)12-15)14-6-3-2-4-7-14/h2-4,6-7,9-10,12-13H,5,8,11H2,1H3,(H,21,24)(H,22,23)/t13-/m1/s1. The van der Waals surface area contributed by atoms with Crippen LogP contribution in [0.3, 0.4) is 0 Å². The van der Waals surface area contributed by atoms with Gasteiger partial charge >= 0.3 is 5.97 Å². The zero-order valence-electron chi connectivity index (χ0n) is 13.5. The Bertz CT molecular complexity index is 716. The molecule has 0 saturated carbocycles. The van der Waals surface area contributed by atoms with Crippen molar-refractivity contribution in [3.8, 4) is 11.1 Å². The van der Waals surface area contributed by atoms with E-state index in [4.69, 9.17) is 5.11 Å². The number of carboxylic acid groups (broad SMARTS) is 1. The summed E-state index contributed by atoms with van der Waals surface area (Å²) in [6.45, 7) is 1.99. The van der Waals surface area contributed by atoms with Gasteiger partial charge in [-0.15, -0.1) is 0 Å². The van der Waals surface area contributed by atoms with Gasteiger partial charge in [0.2, 0.25) is 5.91 Å². The van der Waals surface area contributed by atoms with Crippen molar-refractivity contribution in [1.29, 1.82) is 0 Å². The zero-order chi connectivity index (χ0) is 17.5. The summed E-state index contributed by atoms with van der Waals surface area (Å²) in [4.78, 5) is 22.5. The number of aliphatic carboxylic acids is 1. The second-order valence-electron chi connectivity index (χ2n) is 5.62. The van der Waals surface area contributed by atoms with E-state index in [0.29, 0.717) is 24.1 Å². The Labute approximate surface area is 140 Å². The second-order valence-corrected chi connectivity index (χ2v) is 5.62. The van der Waals surface area contributed by atoms with Crippen LogP contribution in [0.1, 0.15) is 31.2 Å². The maximum atomic E-state index is 14.4. The average Bonchev–Trinajstić information content (AvgIpc) is 2.58. The molecule has 5 heteroatoms. The van der Waals surface area contributed by atoms with E-state index in [0.717, 1.165) is 5.56 Å². The molecule has 0 aliphatic rings. The SMILES string of the molecule is C[C@@H](C(=O)NCCCC(=O)O)c1ccc(-c2ccccc2)c(F)c1. The molecule has 2 N–H and O–H groups in total. The van der Waals surface area contributed by atoms with Crippen LogP contribution in [0.5, 0.6) is 0 Å². The Morgan fingerprint density at radius 1 is 1.17 bits per heavy atom. The van der Waals surface area contributed by atoms with Crippen molar-refractivity contribution in [3.05, 3.63) is 59.9 Å². The first kappa shape index (κ1) is 17.7. The van der Waals surface area contributed by atoms with E-state index in [-0.39, 0.29) is 18.1 Å². The Hall–Kier alpha value is -2.69. The van der Waals surface area contributed by atoms with Crippen molar-refractivity contribution in [2.24, 2.45) is 0 Å². The fourth-order valence-corrected chi connectivity index (χ4v) is 2.41. The summed E-state index contributed by atoms with van der Waals surface area (Å²) in [6, 6.07) is 14.0. The fraction of sp³-hybridized carbons (Fsp3) is 0.263. The zero-order valence-corrected chi connectivity index (χ0v) is 13.5. The van der Waals surface area contributed by atoms with Gasteiger partial charge in [-0.05, 0) is 30.5 Å². The number of rotatable bonds is 7. The minimum Gasteiger partial charge on any atom is -0.481 e. The van der Waals surface area contributed by atoms with Gasteiger partial charge in [0.05, 0.1) is 5.92 Å². The summed E-state index contributed by atoms with van der Waals surface area (Å²) in [6.07, 6.45) is 0.379. The highest BCUT2D eigenvalue weighted by Gasteiger charge is 2.17. The number of amides is 1. The molecular weight excluding hydrogens is 309 g/mol. The first-order valence-electron chi connectivity index (χ1n) is 7.83. The van der Waals surface area contributed by atoms with Crippen LogP contribution in [-0.4, -0.2) is 23.5 Å². The minimum absolute atomic E-state index is 0.00899. The summed E-state index contributed by atoms with van der Waals surface area (Å²) in [5.74, 6) is -2.01. The van der Waals surface area contributed by atoms with E-state index < -0.39 is 11.9 Å². The fourth-order valence-electron chi connectivity index (χ4n) is 2.41. The molecule has 4 nitrogen and oxygen atoms in total. The van der Waals surface area contributed by atoms with Crippen LogP contribution in [-0.2, 0) is 9.59 Å². The van der Waals surface area contributed by atoms with Gasteiger partial charge < -0.3 is 10.4 Å². The number of carboxylic acids is 1. The van der Waals surface area contributed by atoms with Gasteiger partial charge in [-0.2, -0.15) is 0 Å². The molecule has 1 atom stereocenters. The molecule has 2 aromatic rings. The molecule has 2 rings (SSSR count). The molecule has 0 heterocycles. The molecule has 0 fully saturated rings. The minimum atomic E-state index is -0.893. The van der Waals surface area contributed by atoms with Crippen LogP contribution in [0, 0.1) is 5.82 Å². The number of carbonyl (C=O) groups is 2. The van der Waals surface area contributed by atoms with Gasteiger partial charge in [0, 0.05) is 18.5 Å². The van der Waals surface area contributed by atoms with Crippen LogP contribution >= 0.6 is 0 Å². The highest BCUT2D eigenvalue weighted by Crippen LogP contribution is 2.26. The van der Waals surface area contributed by atoms with E-state index in [1.807, 2.05) is 30.3 Å². The summed E-state index contributed by atoms with van der Waals surface area (Å²) in [5.41, 5.74) is 1.86. The van der Waals surface area contributed by atoms with Gasteiger partial charge in [-0.25, -0.2) is 4.39 Å². The monoisotopic (exact) mass is 329 g/mol. The molecule has 0 bridgehead atoms. The van der Waals surface area contributed by atoms with Crippen molar-refractivity contribution in [1.82, 2.24) is 5.32 Å². The highest BCUT2D eigenvalue weighted by atomic mass is 19.1. The van der Waals surface area contributed by atoms with Gasteiger partial charge in [0.15, 0.2) is 0 Å². The molecular formula is C19H20FNO3. The number of nitrogens with one attached hydrogen (secondary N) is 1. The molecule has 0 saturated heterocycles. The molecule has 0 aromatic heterocycles. The number of benzene rings is 2. The van der Waals surface area contributed by atoms with E-state index in [1.165, 1.54) is 6.07 Å². The van der Waals surface area contributed by atoms with Crippen LogP contribution in [0.15, 0.2) is 48.5 Å².